The van der Waals surface area contributed by atoms with Crippen molar-refractivity contribution in [3.63, 3.8) is 0 Å². The zero-order chi connectivity index (χ0) is 12.3. The molecule has 0 bridgehead atoms. The average molecular weight is 248 g/mol. The maximum atomic E-state index is 4.54. The number of nitrogens with zero attached hydrogens (tertiary/aromatic N) is 3. The van der Waals surface area contributed by atoms with Crippen molar-refractivity contribution in [2.24, 2.45) is 0 Å². The van der Waals surface area contributed by atoms with Gasteiger partial charge in [-0.05, 0) is 26.5 Å². The number of rotatable bonds is 4. The van der Waals surface area contributed by atoms with E-state index in [2.05, 4.69) is 34.1 Å². The van der Waals surface area contributed by atoms with Gasteiger partial charge in [0, 0.05) is 23.3 Å². The molecule has 17 heavy (non-hydrogen) atoms. The lowest BCUT2D eigenvalue weighted by molar-refractivity contribution is 0.603. The molecule has 0 saturated carbocycles. The summed E-state index contributed by atoms with van der Waals surface area (Å²) in [7, 11) is 0. The summed E-state index contributed by atoms with van der Waals surface area (Å²) in [5, 5.41) is 4.29. The van der Waals surface area contributed by atoms with Gasteiger partial charge in [-0.2, -0.15) is 0 Å². The van der Waals surface area contributed by atoms with Crippen LogP contribution >= 0.6 is 11.3 Å². The van der Waals surface area contributed by atoms with E-state index in [-0.39, 0.29) is 0 Å². The summed E-state index contributed by atoms with van der Waals surface area (Å²) >= 11 is 1.66. The monoisotopic (exact) mass is 248 g/mol. The molecule has 0 amide bonds. The van der Waals surface area contributed by atoms with Gasteiger partial charge in [0.2, 0.25) is 0 Å². The molecule has 0 saturated heterocycles. The number of hydrogen-bond donors (Lipinski definition) is 1. The average Bonchev–Trinajstić information content (AvgIpc) is 2.73. The van der Waals surface area contributed by atoms with Gasteiger partial charge in [-0.3, -0.25) is 0 Å². The maximum Gasteiger partial charge on any atom is 0.188 e. The molecule has 2 aromatic heterocycles. The van der Waals surface area contributed by atoms with Crippen LogP contribution in [0.4, 0.5) is 0 Å². The van der Waals surface area contributed by atoms with Crippen molar-refractivity contribution < 1.29 is 0 Å². The van der Waals surface area contributed by atoms with Crippen LogP contribution < -0.4 is 5.32 Å². The molecule has 0 aromatic carbocycles. The Labute approximate surface area is 105 Å². The van der Waals surface area contributed by atoms with Crippen LogP contribution in [0.2, 0.25) is 0 Å². The fourth-order valence-electron chi connectivity index (χ4n) is 1.71. The second kappa shape index (κ2) is 5.33. The van der Waals surface area contributed by atoms with Crippen molar-refractivity contribution in [2.45, 2.75) is 26.8 Å². The Morgan fingerprint density at radius 3 is 2.71 bits per heavy atom. The zero-order valence-corrected chi connectivity index (χ0v) is 11.1. The molecule has 1 atom stereocenters. The van der Waals surface area contributed by atoms with Crippen LogP contribution in [-0.2, 0) is 0 Å². The van der Waals surface area contributed by atoms with Gasteiger partial charge < -0.3 is 5.32 Å². The summed E-state index contributed by atoms with van der Waals surface area (Å²) in [4.78, 5) is 14.2. The van der Waals surface area contributed by atoms with Crippen LogP contribution in [-0.4, -0.2) is 21.5 Å². The molecule has 2 rings (SSSR count). The van der Waals surface area contributed by atoms with E-state index in [1.54, 1.807) is 23.7 Å². The topological polar surface area (TPSA) is 50.7 Å². The highest BCUT2D eigenvalue weighted by Crippen LogP contribution is 2.29. The van der Waals surface area contributed by atoms with Crippen molar-refractivity contribution in [2.75, 3.05) is 6.54 Å². The van der Waals surface area contributed by atoms with Gasteiger partial charge in [-0.15, -0.1) is 11.3 Å². The Hall–Kier alpha value is -1.33. The normalized spacial score (nSPS) is 12.6. The quantitative estimate of drug-likeness (QED) is 0.903. The summed E-state index contributed by atoms with van der Waals surface area (Å²) in [5.74, 6) is 0.704. The molecule has 1 N–H and O–H groups in total. The van der Waals surface area contributed by atoms with Crippen molar-refractivity contribution in [1.82, 2.24) is 20.3 Å². The molecule has 1 unspecified atom stereocenters. The summed E-state index contributed by atoms with van der Waals surface area (Å²) in [5.41, 5.74) is 1.06. The van der Waals surface area contributed by atoms with Crippen LogP contribution in [0.5, 0.6) is 0 Å². The molecule has 2 heterocycles. The molecule has 0 aliphatic carbocycles. The van der Waals surface area contributed by atoms with E-state index >= 15 is 0 Å². The highest BCUT2D eigenvalue weighted by molar-refractivity contribution is 7.15. The first-order chi connectivity index (χ1) is 8.22. The third kappa shape index (κ3) is 2.68. The Kier molecular flexibility index (Phi) is 3.81. The molecule has 4 nitrogen and oxygen atoms in total. The predicted octanol–water partition coefficient (Wildman–Crippen LogP) is 2.58. The van der Waals surface area contributed by atoms with Crippen molar-refractivity contribution in [3.05, 3.63) is 29.0 Å². The van der Waals surface area contributed by atoms with Gasteiger partial charge in [0.1, 0.15) is 0 Å². The Morgan fingerprint density at radius 1 is 1.35 bits per heavy atom. The van der Waals surface area contributed by atoms with Crippen LogP contribution in [0.15, 0.2) is 18.5 Å². The first-order valence-corrected chi connectivity index (χ1v) is 6.52. The molecule has 90 valence electrons. The lowest BCUT2D eigenvalue weighted by atomic mass is 10.2. The lowest BCUT2D eigenvalue weighted by Crippen LogP contribution is -2.17. The number of nitrogens with one attached hydrogen (secondary N) is 1. The largest absolute Gasteiger partial charge is 0.310 e. The molecule has 0 fully saturated rings. The van der Waals surface area contributed by atoms with Gasteiger partial charge in [0.05, 0.1) is 5.69 Å². The molecular formula is C12H16N4S. The first-order valence-electron chi connectivity index (χ1n) is 5.70. The maximum absolute atomic E-state index is 4.54. The highest BCUT2D eigenvalue weighted by Gasteiger charge is 2.15. The smallest absolute Gasteiger partial charge is 0.188 e. The minimum absolute atomic E-state index is 0.329. The molecule has 0 spiro atoms. The Balaban J connectivity index is 2.31. The van der Waals surface area contributed by atoms with Crippen LogP contribution in [0.25, 0.3) is 10.8 Å². The minimum Gasteiger partial charge on any atom is -0.310 e. The number of aromatic nitrogens is 3. The number of aryl methyl sites for hydroxylation is 1. The van der Waals surface area contributed by atoms with Gasteiger partial charge in [-0.25, -0.2) is 15.0 Å². The van der Waals surface area contributed by atoms with Crippen LogP contribution in [0.1, 0.15) is 30.5 Å². The fraction of sp³-hybridized carbons (Fsp3) is 0.417. The molecule has 5 heteroatoms. The standard InChI is InChI=1S/C12H16N4S/c1-4-13-8(2)10-9(3)16-12(17-10)11-14-6-5-7-15-11/h5-8,13H,4H2,1-3H3. The van der Waals surface area contributed by atoms with Crippen LogP contribution in [0, 0.1) is 6.92 Å². The molecule has 0 aliphatic rings. The lowest BCUT2D eigenvalue weighted by Gasteiger charge is -2.09. The molecule has 0 aliphatic heterocycles. The predicted molar refractivity (Wildman–Crippen MR) is 70.0 cm³/mol. The molecule has 0 radical (unpaired) electrons. The van der Waals surface area contributed by atoms with E-state index in [1.807, 2.05) is 13.0 Å². The van der Waals surface area contributed by atoms with E-state index in [0.29, 0.717) is 11.9 Å². The second-order valence-corrected chi connectivity index (χ2v) is 4.85. The van der Waals surface area contributed by atoms with E-state index in [4.69, 9.17) is 0 Å². The molecule has 2 aromatic rings. The third-order valence-electron chi connectivity index (χ3n) is 2.49. The van der Waals surface area contributed by atoms with Gasteiger partial charge in [0.15, 0.2) is 10.8 Å². The SMILES string of the molecule is CCNC(C)c1sc(-c2ncccn2)nc1C. The number of hydrogen-bond acceptors (Lipinski definition) is 5. The van der Waals surface area contributed by atoms with E-state index in [1.165, 1.54) is 4.88 Å². The third-order valence-corrected chi connectivity index (χ3v) is 3.83. The van der Waals surface area contributed by atoms with E-state index < -0.39 is 0 Å². The first kappa shape index (κ1) is 12.1. The second-order valence-electron chi connectivity index (χ2n) is 3.82. The summed E-state index contributed by atoms with van der Waals surface area (Å²) in [6, 6.07) is 2.14. The summed E-state index contributed by atoms with van der Waals surface area (Å²) in [6.07, 6.45) is 3.49. The van der Waals surface area contributed by atoms with Crippen molar-refractivity contribution in [3.8, 4) is 10.8 Å². The summed E-state index contributed by atoms with van der Waals surface area (Å²) in [6.45, 7) is 7.25. The highest BCUT2D eigenvalue weighted by atomic mass is 32.1. The minimum atomic E-state index is 0.329. The fourth-order valence-corrected chi connectivity index (χ4v) is 2.76. The number of thiazole rings is 1. The van der Waals surface area contributed by atoms with Gasteiger partial charge >= 0.3 is 0 Å². The van der Waals surface area contributed by atoms with Gasteiger partial charge in [-0.1, -0.05) is 6.92 Å². The van der Waals surface area contributed by atoms with Crippen molar-refractivity contribution in [1.29, 1.82) is 0 Å². The zero-order valence-electron chi connectivity index (χ0n) is 10.3. The van der Waals surface area contributed by atoms with Gasteiger partial charge in [0.25, 0.3) is 0 Å². The Morgan fingerprint density at radius 2 is 2.06 bits per heavy atom. The Bertz CT molecular complexity index is 481. The van der Waals surface area contributed by atoms with Crippen molar-refractivity contribution >= 4 is 11.3 Å². The van der Waals surface area contributed by atoms with E-state index in [0.717, 1.165) is 17.2 Å². The van der Waals surface area contributed by atoms with Crippen LogP contribution in [0.3, 0.4) is 0 Å². The molecular weight excluding hydrogens is 232 g/mol. The summed E-state index contributed by atoms with van der Waals surface area (Å²) < 4.78 is 0. The van der Waals surface area contributed by atoms with E-state index in [9.17, 15) is 0 Å².